The van der Waals surface area contributed by atoms with E-state index in [0.717, 1.165) is 6.54 Å². The first-order chi connectivity index (χ1) is 10.3. The van der Waals surface area contributed by atoms with Crippen molar-refractivity contribution in [1.29, 1.82) is 0 Å². The molecular weight excluding hydrogens is 256 g/mol. The summed E-state index contributed by atoms with van der Waals surface area (Å²) in [5, 5.41) is 3.75. The number of unbranched alkanes of at least 4 members (excludes halogenated alkanes) is 1. The first kappa shape index (κ1) is 16.4. The molecule has 21 heavy (non-hydrogen) atoms. The molecule has 0 aromatic heterocycles. The molecule has 2 heteroatoms. The zero-order chi connectivity index (χ0) is 14.9. The summed E-state index contributed by atoms with van der Waals surface area (Å²) in [7, 11) is 0. The van der Waals surface area contributed by atoms with Crippen LogP contribution in [-0.4, -0.2) is 19.1 Å². The molecular formula is C19H32N2. The van der Waals surface area contributed by atoms with Crippen molar-refractivity contribution < 1.29 is 0 Å². The number of rotatable bonds is 9. The van der Waals surface area contributed by atoms with Gasteiger partial charge in [0.15, 0.2) is 0 Å². The Balaban J connectivity index is 1.81. The Kier molecular flexibility index (Phi) is 7.08. The van der Waals surface area contributed by atoms with Crippen molar-refractivity contribution in [3.63, 3.8) is 0 Å². The van der Waals surface area contributed by atoms with Crippen LogP contribution in [0.15, 0.2) is 24.3 Å². The fourth-order valence-electron chi connectivity index (χ4n) is 3.21. The minimum Gasteiger partial charge on any atom is -0.372 e. The van der Waals surface area contributed by atoms with Gasteiger partial charge in [-0.15, -0.1) is 0 Å². The molecule has 0 radical (unpaired) electrons. The number of benzene rings is 1. The van der Waals surface area contributed by atoms with E-state index in [2.05, 4.69) is 48.3 Å². The highest BCUT2D eigenvalue weighted by atomic mass is 15.1. The van der Waals surface area contributed by atoms with Crippen LogP contribution in [0.1, 0.15) is 64.4 Å². The van der Waals surface area contributed by atoms with Gasteiger partial charge >= 0.3 is 0 Å². The van der Waals surface area contributed by atoms with Gasteiger partial charge in [0.25, 0.3) is 0 Å². The lowest BCUT2D eigenvalue weighted by molar-refractivity contribution is 0.434. The van der Waals surface area contributed by atoms with Crippen molar-refractivity contribution in [2.45, 2.75) is 71.4 Å². The van der Waals surface area contributed by atoms with Crippen LogP contribution in [-0.2, 0) is 6.54 Å². The van der Waals surface area contributed by atoms with Crippen LogP contribution in [0.5, 0.6) is 0 Å². The summed E-state index contributed by atoms with van der Waals surface area (Å²) in [6, 6.07) is 9.87. The number of nitrogens with zero attached hydrogens (tertiary/aromatic N) is 1. The maximum atomic E-state index is 3.75. The van der Waals surface area contributed by atoms with E-state index in [1.54, 1.807) is 0 Å². The highest BCUT2D eigenvalue weighted by molar-refractivity contribution is 5.48. The molecule has 1 aliphatic heterocycles. The quantitative estimate of drug-likeness (QED) is 0.706. The Morgan fingerprint density at radius 2 is 1.71 bits per heavy atom. The molecule has 1 unspecified atom stereocenters. The second-order valence-electron chi connectivity index (χ2n) is 6.37. The van der Waals surface area contributed by atoms with Gasteiger partial charge in [0, 0.05) is 31.4 Å². The van der Waals surface area contributed by atoms with Gasteiger partial charge in [0.05, 0.1) is 0 Å². The molecule has 1 aliphatic rings. The lowest BCUT2D eigenvalue weighted by Gasteiger charge is -2.19. The van der Waals surface area contributed by atoms with Gasteiger partial charge in [0.2, 0.25) is 0 Å². The summed E-state index contributed by atoms with van der Waals surface area (Å²) < 4.78 is 0. The molecule has 0 bridgehead atoms. The fourth-order valence-corrected chi connectivity index (χ4v) is 3.21. The third-order valence-electron chi connectivity index (χ3n) is 4.55. The Morgan fingerprint density at radius 3 is 2.33 bits per heavy atom. The average Bonchev–Trinajstić information content (AvgIpc) is 3.05. The predicted octanol–water partition coefficient (Wildman–Crippen LogP) is 4.74. The normalized spacial score (nSPS) is 16.4. The minimum absolute atomic E-state index is 0.688. The number of anilines is 1. The summed E-state index contributed by atoms with van der Waals surface area (Å²) in [5.41, 5.74) is 2.81. The van der Waals surface area contributed by atoms with E-state index >= 15 is 0 Å². The summed E-state index contributed by atoms with van der Waals surface area (Å²) in [6.07, 6.45) is 9.22. The van der Waals surface area contributed by atoms with Crippen molar-refractivity contribution >= 4 is 5.69 Å². The molecule has 1 aromatic carbocycles. The van der Waals surface area contributed by atoms with Crippen LogP contribution in [0.2, 0.25) is 0 Å². The first-order valence-corrected chi connectivity index (χ1v) is 8.90. The van der Waals surface area contributed by atoms with E-state index in [0.29, 0.717) is 6.04 Å². The van der Waals surface area contributed by atoms with Crippen LogP contribution in [0.3, 0.4) is 0 Å². The molecule has 0 saturated carbocycles. The maximum Gasteiger partial charge on any atom is 0.0366 e. The maximum absolute atomic E-state index is 3.75. The molecule has 0 spiro atoms. The predicted molar refractivity (Wildman–Crippen MR) is 92.9 cm³/mol. The van der Waals surface area contributed by atoms with Crippen LogP contribution in [0, 0.1) is 0 Å². The van der Waals surface area contributed by atoms with E-state index in [-0.39, 0.29) is 0 Å². The van der Waals surface area contributed by atoms with Gasteiger partial charge in [-0.05, 0) is 43.4 Å². The lowest BCUT2D eigenvalue weighted by atomic mass is 10.0. The summed E-state index contributed by atoms with van der Waals surface area (Å²) >= 11 is 0. The number of hydrogen-bond donors (Lipinski definition) is 1. The molecule has 0 aliphatic carbocycles. The van der Waals surface area contributed by atoms with E-state index in [1.165, 1.54) is 69.3 Å². The van der Waals surface area contributed by atoms with Crippen LogP contribution in [0.25, 0.3) is 0 Å². The molecule has 118 valence electrons. The van der Waals surface area contributed by atoms with Gasteiger partial charge < -0.3 is 10.2 Å². The van der Waals surface area contributed by atoms with E-state index < -0.39 is 0 Å². The van der Waals surface area contributed by atoms with Crippen LogP contribution in [0.4, 0.5) is 5.69 Å². The van der Waals surface area contributed by atoms with Gasteiger partial charge in [0.1, 0.15) is 0 Å². The highest BCUT2D eigenvalue weighted by Crippen LogP contribution is 2.20. The summed E-state index contributed by atoms with van der Waals surface area (Å²) in [5.74, 6) is 0. The standard InChI is InChI=1S/C19H32N2/c1-3-5-9-18(8-4-2)20-16-17-10-12-19(13-11-17)21-14-6-7-15-21/h10-13,18,20H,3-9,14-16H2,1-2H3. The number of hydrogen-bond acceptors (Lipinski definition) is 2. The second-order valence-corrected chi connectivity index (χ2v) is 6.37. The lowest BCUT2D eigenvalue weighted by Crippen LogP contribution is -2.28. The van der Waals surface area contributed by atoms with Gasteiger partial charge in [-0.25, -0.2) is 0 Å². The Morgan fingerprint density at radius 1 is 1.00 bits per heavy atom. The number of nitrogens with one attached hydrogen (secondary N) is 1. The van der Waals surface area contributed by atoms with Gasteiger partial charge in [-0.3, -0.25) is 0 Å². The molecule has 2 nitrogen and oxygen atoms in total. The van der Waals surface area contributed by atoms with Gasteiger partial charge in [-0.1, -0.05) is 45.2 Å². The van der Waals surface area contributed by atoms with Crippen molar-refractivity contribution in [2.24, 2.45) is 0 Å². The molecule has 1 N–H and O–H groups in total. The zero-order valence-corrected chi connectivity index (χ0v) is 13.9. The van der Waals surface area contributed by atoms with E-state index in [1.807, 2.05) is 0 Å². The molecule has 1 saturated heterocycles. The topological polar surface area (TPSA) is 15.3 Å². The van der Waals surface area contributed by atoms with E-state index in [4.69, 9.17) is 0 Å². The highest BCUT2D eigenvalue weighted by Gasteiger charge is 2.12. The van der Waals surface area contributed by atoms with Crippen LogP contribution >= 0.6 is 0 Å². The SMILES string of the molecule is CCCCC(CCC)NCc1ccc(N2CCCC2)cc1. The summed E-state index contributed by atoms with van der Waals surface area (Å²) in [4.78, 5) is 2.50. The monoisotopic (exact) mass is 288 g/mol. The second kappa shape index (κ2) is 9.09. The average molecular weight is 288 g/mol. The molecule has 1 fully saturated rings. The molecule has 1 atom stereocenters. The van der Waals surface area contributed by atoms with E-state index in [9.17, 15) is 0 Å². The molecule has 0 amide bonds. The molecule has 2 rings (SSSR count). The first-order valence-electron chi connectivity index (χ1n) is 8.90. The van der Waals surface area contributed by atoms with Crippen molar-refractivity contribution in [3.05, 3.63) is 29.8 Å². The van der Waals surface area contributed by atoms with Gasteiger partial charge in [-0.2, -0.15) is 0 Å². The molecule has 1 aromatic rings. The summed E-state index contributed by atoms with van der Waals surface area (Å²) in [6.45, 7) is 8.03. The Labute approximate surface area is 130 Å². The largest absolute Gasteiger partial charge is 0.372 e. The minimum atomic E-state index is 0.688. The van der Waals surface area contributed by atoms with Crippen molar-refractivity contribution in [2.75, 3.05) is 18.0 Å². The zero-order valence-electron chi connectivity index (χ0n) is 13.9. The smallest absolute Gasteiger partial charge is 0.0366 e. The van der Waals surface area contributed by atoms with Crippen molar-refractivity contribution in [3.8, 4) is 0 Å². The fraction of sp³-hybridized carbons (Fsp3) is 0.684. The molecule has 1 heterocycles. The third kappa shape index (κ3) is 5.35. The van der Waals surface area contributed by atoms with Crippen molar-refractivity contribution in [1.82, 2.24) is 5.32 Å². The third-order valence-corrected chi connectivity index (χ3v) is 4.55. The Bertz CT molecular complexity index is 379. The van der Waals surface area contributed by atoms with Crippen LogP contribution < -0.4 is 10.2 Å². The Hall–Kier alpha value is -1.02.